The summed E-state index contributed by atoms with van der Waals surface area (Å²) in [6.07, 6.45) is 5.54. The maximum Gasteiger partial charge on any atom is 0.0776 e. The van der Waals surface area contributed by atoms with E-state index >= 15 is 0 Å². The van der Waals surface area contributed by atoms with E-state index < -0.39 is 0 Å². The zero-order valence-electron chi connectivity index (χ0n) is 10.8. The molecule has 2 aliphatic heterocycles. The van der Waals surface area contributed by atoms with E-state index in [1.807, 2.05) is 0 Å². The van der Waals surface area contributed by atoms with E-state index in [1.165, 1.54) is 6.42 Å². The first-order chi connectivity index (χ1) is 6.73. The van der Waals surface area contributed by atoms with Crippen LogP contribution in [0.15, 0.2) is 12.4 Å². The van der Waals surface area contributed by atoms with Crippen molar-refractivity contribution in [1.82, 2.24) is 15.1 Å². The standard InChI is InChI=1S/C12H23N3/c1-11(2,3)9-10-12(4,5)15-13(6)7-8-14(10)15/h7-8,10H,9H2,1-6H3. The van der Waals surface area contributed by atoms with Crippen molar-refractivity contribution in [2.24, 2.45) is 5.41 Å². The topological polar surface area (TPSA) is 9.72 Å². The van der Waals surface area contributed by atoms with Gasteiger partial charge in [0.25, 0.3) is 0 Å². The quantitative estimate of drug-likeness (QED) is 0.656. The van der Waals surface area contributed by atoms with E-state index in [9.17, 15) is 0 Å². The molecule has 1 fully saturated rings. The monoisotopic (exact) mass is 209 g/mol. The summed E-state index contributed by atoms with van der Waals surface area (Å²) < 4.78 is 0. The summed E-state index contributed by atoms with van der Waals surface area (Å²) in [5, 5.41) is 6.84. The van der Waals surface area contributed by atoms with Crippen molar-refractivity contribution in [2.75, 3.05) is 7.05 Å². The molecule has 0 aliphatic carbocycles. The van der Waals surface area contributed by atoms with Gasteiger partial charge in [0, 0.05) is 19.4 Å². The van der Waals surface area contributed by atoms with Gasteiger partial charge in [-0.25, -0.2) is 0 Å². The summed E-state index contributed by atoms with van der Waals surface area (Å²) in [5.41, 5.74) is 0.633. The Kier molecular flexibility index (Phi) is 2.10. The van der Waals surface area contributed by atoms with Crippen molar-refractivity contribution in [3.05, 3.63) is 12.4 Å². The molecular formula is C12H23N3. The minimum Gasteiger partial charge on any atom is -0.296 e. The first-order valence-electron chi connectivity index (χ1n) is 5.73. The molecule has 1 atom stereocenters. The van der Waals surface area contributed by atoms with Gasteiger partial charge >= 0.3 is 0 Å². The molecule has 0 saturated carbocycles. The fourth-order valence-corrected chi connectivity index (χ4v) is 2.72. The number of hydrogen-bond acceptors (Lipinski definition) is 3. The second kappa shape index (κ2) is 2.91. The normalized spacial score (nSPS) is 29.3. The van der Waals surface area contributed by atoms with Crippen molar-refractivity contribution in [3.8, 4) is 0 Å². The summed E-state index contributed by atoms with van der Waals surface area (Å²) >= 11 is 0. The van der Waals surface area contributed by atoms with E-state index in [0.717, 1.165) is 0 Å². The molecule has 0 spiro atoms. The van der Waals surface area contributed by atoms with E-state index in [4.69, 9.17) is 0 Å². The highest BCUT2D eigenvalue weighted by Crippen LogP contribution is 2.45. The van der Waals surface area contributed by atoms with Crippen LogP contribution in [0, 0.1) is 5.41 Å². The zero-order chi connectivity index (χ0) is 11.4. The van der Waals surface area contributed by atoms with Gasteiger partial charge in [0.2, 0.25) is 0 Å². The van der Waals surface area contributed by atoms with Crippen molar-refractivity contribution >= 4 is 0 Å². The molecule has 2 rings (SSSR count). The van der Waals surface area contributed by atoms with Crippen LogP contribution in [0.5, 0.6) is 0 Å². The van der Waals surface area contributed by atoms with Gasteiger partial charge < -0.3 is 0 Å². The fourth-order valence-electron chi connectivity index (χ4n) is 2.72. The Bertz CT molecular complexity index is 288. The average Bonchev–Trinajstić information content (AvgIpc) is 2.40. The van der Waals surface area contributed by atoms with Crippen LogP contribution in [0.4, 0.5) is 0 Å². The molecule has 0 aromatic heterocycles. The second-order valence-electron chi connectivity index (χ2n) is 6.48. The Labute approximate surface area is 93.3 Å². The third-order valence-corrected chi connectivity index (χ3v) is 3.41. The maximum atomic E-state index is 2.35. The van der Waals surface area contributed by atoms with Crippen LogP contribution < -0.4 is 0 Å². The van der Waals surface area contributed by atoms with Crippen LogP contribution >= 0.6 is 0 Å². The predicted octanol–water partition coefficient (Wildman–Crippen LogP) is 2.43. The highest BCUT2D eigenvalue weighted by Gasteiger charge is 2.56. The lowest BCUT2D eigenvalue weighted by Gasteiger charge is -2.62. The summed E-state index contributed by atoms with van der Waals surface area (Å²) in [6, 6.07) is 0.624. The molecule has 2 aliphatic rings. The third kappa shape index (κ3) is 1.53. The lowest BCUT2D eigenvalue weighted by molar-refractivity contribution is -0.300. The Morgan fingerprint density at radius 1 is 1.20 bits per heavy atom. The Hall–Kier alpha value is -0.700. The Balaban J connectivity index is 2.12. The van der Waals surface area contributed by atoms with Crippen LogP contribution in [-0.2, 0) is 0 Å². The van der Waals surface area contributed by atoms with Gasteiger partial charge in [-0.05, 0) is 25.7 Å². The van der Waals surface area contributed by atoms with Gasteiger partial charge in [-0.3, -0.25) is 10.0 Å². The third-order valence-electron chi connectivity index (χ3n) is 3.41. The smallest absolute Gasteiger partial charge is 0.0776 e. The first-order valence-corrected chi connectivity index (χ1v) is 5.73. The maximum absolute atomic E-state index is 2.35. The molecule has 15 heavy (non-hydrogen) atoms. The van der Waals surface area contributed by atoms with Gasteiger partial charge in [0.1, 0.15) is 0 Å². The summed E-state index contributed by atoms with van der Waals surface area (Å²) in [4.78, 5) is 0. The number of hydrazine groups is 2. The minimum atomic E-state index is 0.242. The Morgan fingerprint density at radius 3 is 2.33 bits per heavy atom. The molecular weight excluding hydrogens is 186 g/mol. The molecule has 0 N–H and O–H groups in total. The predicted molar refractivity (Wildman–Crippen MR) is 62.5 cm³/mol. The molecule has 86 valence electrons. The van der Waals surface area contributed by atoms with Crippen LogP contribution in [0.1, 0.15) is 41.0 Å². The molecule has 0 bridgehead atoms. The average molecular weight is 209 g/mol. The molecule has 0 aromatic rings. The van der Waals surface area contributed by atoms with E-state index in [1.54, 1.807) is 0 Å². The SMILES string of the molecule is CN1C=CN2C(CC(C)(C)C)C(C)(C)N12. The number of rotatable bonds is 1. The summed E-state index contributed by atoms with van der Waals surface area (Å²) in [5.74, 6) is 0. The molecule has 0 radical (unpaired) electrons. The van der Waals surface area contributed by atoms with Crippen molar-refractivity contribution < 1.29 is 0 Å². The lowest BCUT2D eigenvalue weighted by Crippen LogP contribution is -2.76. The molecule has 1 unspecified atom stereocenters. The van der Waals surface area contributed by atoms with Crippen molar-refractivity contribution in [3.63, 3.8) is 0 Å². The van der Waals surface area contributed by atoms with Crippen LogP contribution in [0.3, 0.4) is 0 Å². The van der Waals surface area contributed by atoms with Gasteiger partial charge in [-0.15, -0.1) is 5.12 Å². The highest BCUT2D eigenvalue weighted by atomic mass is 15.9. The summed E-state index contributed by atoms with van der Waals surface area (Å²) in [6.45, 7) is 11.6. The highest BCUT2D eigenvalue weighted by molar-refractivity contribution is 5.10. The molecule has 1 saturated heterocycles. The van der Waals surface area contributed by atoms with Crippen LogP contribution in [0.2, 0.25) is 0 Å². The zero-order valence-corrected chi connectivity index (χ0v) is 10.8. The first kappa shape index (κ1) is 10.8. The van der Waals surface area contributed by atoms with Crippen LogP contribution in [0.25, 0.3) is 0 Å². The molecule has 3 heteroatoms. The van der Waals surface area contributed by atoms with E-state index in [2.05, 4.69) is 69.2 Å². The Morgan fingerprint density at radius 2 is 1.80 bits per heavy atom. The van der Waals surface area contributed by atoms with E-state index in [-0.39, 0.29) is 5.54 Å². The molecule has 0 aromatic carbocycles. The molecule has 3 nitrogen and oxygen atoms in total. The minimum absolute atomic E-state index is 0.242. The largest absolute Gasteiger partial charge is 0.296 e. The van der Waals surface area contributed by atoms with E-state index in [0.29, 0.717) is 11.5 Å². The van der Waals surface area contributed by atoms with Crippen molar-refractivity contribution in [2.45, 2.75) is 52.6 Å². The van der Waals surface area contributed by atoms with Gasteiger partial charge in [-0.2, -0.15) is 0 Å². The van der Waals surface area contributed by atoms with Crippen molar-refractivity contribution in [1.29, 1.82) is 0 Å². The fraction of sp³-hybridized carbons (Fsp3) is 0.833. The molecule has 2 heterocycles. The number of fused-ring (bicyclic) bond motifs is 1. The summed E-state index contributed by atoms with van der Waals surface area (Å²) in [7, 11) is 2.10. The second-order valence-corrected chi connectivity index (χ2v) is 6.48. The lowest BCUT2D eigenvalue weighted by atomic mass is 9.77. The number of nitrogens with zero attached hydrogens (tertiary/aromatic N) is 3. The van der Waals surface area contributed by atoms with Gasteiger partial charge in [0.05, 0.1) is 11.6 Å². The number of hydrogen-bond donors (Lipinski definition) is 0. The van der Waals surface area contributed by atoms with Gasteiger partial charge in [-0.1, -0.05) is 20.8 Å². The molecule has 0 amide bonds. The van der Waals surface area contributed by atoms with Crippen LogP contribution in [-0.4, -0.2) is 33.8 Å². The van der Waals surface area contributed by atoms with Gasteiger partial charge in [0.15, 0.2) is 0 Å².